The smallest absolute Gasteiger partial charge is 0.236 e. The molecule has 0 saturated carbocycles. The molecule has 3 aromatic carbocycles. The minimum Gasteiger partial charge on any atom is -0.339 e. The number of amides is 2. The molecule has 2 amide bonds. The Morgan fingerprint density at radius 1 is 0.862 bits per heavy atom. The molecule has 0 saturated heterocycles. The van der Waals surface area contributed by atoms with Gasteiger partial charge in [-0.15, -0.1) is 0 Å². The zero-order valence-electron chi connectivity index (χ0n) is 16.8. The second-order valence-electron chi connectivity index (χ2n) is 6.98. The Morgan fingerprint density at radius 3 is 1.97 bits per heavy atom. The summed E-state index contributed by atoms with van der Waals surface area (Å²) in [4.78, 5) is 26.7. The molecule has 0 fully saturated rings. The summed E-state index contributed by atoms with van der Waals surface area (Å²) >= 11 is 0. The number of hydrogen-bond acceptors (Lipinski definition) is 2. The topological polar surface area (TPSA) is 49.4 Å². The minimum atomic E-state index is -0.398. The van der Waals surface area contributed by atoms with E-state index in [0.29, 0.717) is 13.1 Å². The predicted octanol–water partition coefficient (Wildman–Crippen LogP) is 4.83. The largest absolute Gasteiger partial charge is 0.339 e. The quantitative estimate of drug-likeness (QED) is 0.632. The first-order valence-corrected chi connectivity index (χ1v) is 9.83. The van der Waals surface area contributed by atoms with Gasteiger partial charge in [0.15, 0.2) is 0 Å². The van der Waals surface area contributed by atoms with Crippen LogP contribution < -0.4 is 5.32 Å². The first-order valence-electron chi connectivity index (χ1n) is 9.83. The van der Waals surface area contributed by atoms with Gasteiger partial charge in [-0.05, 0) is 35.7 Å². The van der Waals surface area contributed by atoms with Crippen molar-refractivity contribution < 1.29 is 9.59 Å². The number of rotatable bonds is 7. The van der Waals surface area contributed by atoms with Gasteiger partial charge in [0.25, 0.3) is 0 Å². The van der Waals surface area contributed by atoms with Crippen LogP contribution in [0.1, 0.15) is 36.5 Å². The standard InChI is InChI=1S/C25H26N2O2/c1-3-27(19(2)28)18-20-11-10-16-23(17-20)26-25(29)24(21-12-6-4-7-13-21)22-14-8-5-9-15-22/h4-17,24H,3,18H2,1-2H3,(H,26,29). The molecule has 0 aliphatic heterocycles. The molecule has 0 heterocycles. The van der Waals surface area contributed by atoms with E-state index < -0.39 is 5.92 Å². The fraction of sp³-hybridized carbons (Fsp3) is 0.200. The third kappa shape index (κ3) is 5.32. The molecule has 0 radical (unpaired) electrons. The SMILES string of the molecule is CCN(Cc1cccc(NC(=O)C(c2ccccc2)c2ccccc2)c1)C(C)=O. The van der Waals surface area contributed by atoms with Crippen molar-refractivity contribution in [2.24, 2.45) is 0 Å². The number of nitrogens with one attached hydrogen (secondary N) is 1. The molecule has 0 aromatic heterocycles. The summed E-state index contributed by atoms with van der Waals surface area (Å²) in [6.07, 6.45) is 0. The fourth-order valence-electron chi connectivity index (χ4n) is 3.41. The molecule has 0 aliphatic rings. The average molecular weight is 386 g/mol. The van der Waals surface area contributed by atoms with Crippen LogP contribution in [-0.2, 0) is 16.1 Å². The van der Waals surface area contributed by atoms with E-state index in [4.69, 9.17) is 0 Å². The minimum absolute atomic E-state index is 0.0372. The summed E-state index contributed by atoms with van der Waals surface area (Å²) in [5.74, 6) is -0.445. The molecule has 3 aromatic rings. The number of nitrogens with zero attached hydrogens (tertiary/aromatic N) is 1. The second kappa shape index (κ2) is 9.69. The normalized spacial score (nSPS) is 10.6. The number of hydrogen-bond donors (Lipinski definition) is 1. The monoisotopic (exact) mass is 386 g/mol. The summed E-state index contributed by atoms with van der Waals surface area (Å²) in [6.45, 7) is 4.70. The van der Waals surface area contributed by atoms with Crippen LogP contribution in [0.3, 0.4) is 0 Å². The Hall–Kier alpha value is -3.40. The summed E-state index contributed by atoms with van der Waals surface area (Å²) in [5.41, 5.74) is 3.60. The Balaban J connectivity index is 1.83. The van der Waals surface area contributed by atoms with Crippen molar-refractivity contribution in [3.8, 4) is 0 Å². The lowest BCUT2D eigenvalue weighted by Gasteiger charge is -2.20. The molecule has 148 valence electrons. The van der Waals surface area contributed by atoms with E-state index in [1.54, 1.807) is 11.8 Å². The third-order valence-corrected chi connectivity index (χ3v) is 4.92. The highest BCUT2D eigenvalue weighted by Crippen LogP contribution is 2.26. The van der Waals surface area contributed by atoms with Crippen molar-refractivity contribution in [2.75, 3.05) is 11.9 Å². The van der Waals surface area contributed by atoms with Crippen LogP contribution in [0.5, 0.6) is 0 Å². The van der Waals surface area contributed by atoms with Crippen LogP contribution in [0.2, 0.25) is 0 Å². The van der Waals surface area contributed by atoms with Crippen LogP contribution in [-0.4, -0.2) is 23.3 Å². The van der Waals surface area contributed by atoms with Crippen molar-refractivity contribution >= 4 is 17.5 Å². The lowest BCUT2D eigenvalue weighted by Crippen LogP contribution is -2.27. The Kier molecular flexibility index (Phi) is 6.80. The highest BCUT2D eigenvalue weighted by molar-refractivity contribution is 5.98. The number of carbonyl (C=O) groups excluding carboxylic acids is 2. The van der Waals surface area contributed by atoms with Crippen molar-refractivity contribution in [3.05, 3.63) is 102 Å². The second-order valence-corrected chi connectivity index (χ2v) is 6.98. The molecule has 1 N–H and O–H groups in total. The van der Waals surface area contributed by atoms with Gasteiger partial charge in [-0.25, -0.2) is 0 Å². The first-order chi connectivity index (χ1) is 14.1. The highest BCUT2D eigenvalue weighted by atomic mass is 16.2. The van der Waals surface area contributed by atoms with Gasteiger partial charge < -0.3 is 10.2 Å². The summed E-state index contributed by atoms with van der Waals surface area (Å²) in [7, 11) is 0. The van der Waals surface area contributed by atoms with E-state index in [-0.39, 0.29) is 11.8 Å². The van der Waals surface area contributed by atoms with E-state index in [0.717, 1.165) is 22.4 Å². The van der Waals surface area contributed by atoms with E-state index in [1.165, 1.54) is 0 Å². The maximum Gasteiger partial charge on any atom is 0.236 e. The first kappa shape index (κ1) is 20.3. The van der Waals surface area contributed by atoms with Gasteiger partial charge in [-0.3, -0.25) is 9.59 Å². The molecular formula is C25H26N2O2. The van der Waals surface area contributed by atoms with Gasteiger partial charge in [-0.2, -0.15) is 0 Å². The summed E-state index contributed by atoms with van der Waals surface area (Å²) < 4.78 is 0. The van der Waals surface area contributed by atoms with Crippen LogP contribution in [0.15, 0.2) is 84.9 Å². The Bertz CT molecular complexity index is 915. The van der Waals surface area contributed by atoms with Gasteiger partial charge in [0.05, 0.1) is 5.92 Å². The number of anilines is 1. The van der Waals surface area contributed by atoms with Gasteiger partial charge in [-0.1, -0.05) is 72.8 Å². The van der Waals surface area contributed by atoms with Crippen molar-refractivity contribution in [3.63, 3.8) is 0 Å². The average Bonchev–Trinajstić information content (AvgIpc) is 2.74. The molecule has 0 unspecified atom stereocenters. The van der Waals surface area contributed by atoms with E-state index in [2.05, 4.69) is 5.32 Å². The third-order valence-electron chi connectivity index (χ3n) is 4.92. The molecule has 29 heavy (non-hydrogen) atoms. The number of benzene rings is 3. The molecule has 0 atom stereocenters. The maximum absolute atomic E-state index is 13.2. The number of carbonyl (C=O) groups is 2. The van der Waals surface area contributed by atoms with Gasteiger partial charge in [0.1, 0.15) is 0 Å². The Morgan fingerprint density at radius 2 is 1.45 bits per heavy atom. The molecule has 4 nitrogen and oxygen atoms in total. The fourth-order valence-corrected chi connectivity index (χ4v) is 3.41. The molecule has 0 aliphatic carbocycles. The van der Waals surface area contributed by atoms with E-state index in [9.17, 15) is 9.59 Å². The highest BCUT2D eigenvalue weighted by Gasteiger charge is 2.22. The summed E-state index contributed by atoms with van der Waals surface area (Å²) in [5, 5.41) is 3.06. The van der Waals surface area contributed by atoms with Crippen LogP contribution in [0.4, 0.5) is 5.69 Å². The van der Waals surface area contributed by atoms with E-state index >= 15 is 0 Å². The zero-order valence-corrected chi connectivity index (χ0v) is 16.8. The molecule has 3 rings (SSSR count). The van der Waals surface area contributed by atoms with Crippen molar-refractivity contribution in [2.45, 2.75) is 26.3 Å². The van der Waals surface area contributed by atoms with Crippen molar-refractivity contribution in [1.29, 1.82) is 0 Å². The van der Waals surface area contributed by atoms with E-state index in [1.807, 2.05) is 91.9 Å². The van der Waals surface area contributed by atoms with Crippen LogP contribution >= 0.6 is 0 Å². The van der Waals surface area contributed by atoms with Gasteiger partial charge in [0, 0.05) is 25.7 Å². The Labute approximate surface area is 172 Å². The lowest BCUT2D eigenvalue weighted by molar-refractivity contribution is -0.129. The molecule has 4 heteroatoms. The van der Waals surface area contributed by atoms with Crippen LogP contribution in [0.25, 0.3) is 0 Å². The maximum atomic E-state index is 13.2. The van der Waals surface area contributed by atoms with Crippen LogP contribution in [0, 0.1) is 0 Å². The molecule has 0 bridgehead atoms. The summed E-state index contributed by atoms with van der Waals surface area (Å²) in [6, 6.07) is 27.2. The van der Waals surface area contributed by atoms with Gasteiger partial charge in [0.2, 0.25) is 11.8 Å². The lowest BCUT2D eigenvalue weighted by atomic mass is 9.90. The van der Waals surface area contributed by atoms with Crippen molar-refractivity contribution in [1.82, 2.24) is 4.90 Å². The molecular weight excluding hydrogens is 360 g/mol. The predicted molar refractivity (Wildman–Crippen MR) is 117 cm³/mol. The van der Waals surface area contributed by atoms with Gasteiger partial charge >= 0.3 is 0 Å². The zero-order chi connectivity index (χ0) is 20.6. The molecule has 0 spiro atoms.